The first-order valence-electron chi connectivity index (χ1n) is 8.51. The summed E-state index contributed by atoms with van der Waals surface area (Å²) >= 11 is 0. The molecule has 2 heteroatoms. The molecule has 3 aliphatic carbocycles. The van der Waals surface area contributed by atoms with Gasteiger partial charge in [0.1, 0.15) is 0 Å². The molecule has 0 aromatic heterocycles. The Labute approximate surface area is 117 Å². The standard InChI is InChI=1S/C17H29NO/c1-2-3-4-13-5-7-14(8-6-13)16(19)18-12-15-11-17(15)9-10-17/h13-15H,2-12H2,1H3,(H,18,19). The number of hydrogen-bond donors (Lipinski definition) is 1. The fraction of sp³-hybridized carbons (Fsp3) is 0.941. The van der Waals surface area contributed by atoms with E-state index in [4.69, 9.17) is 0 Å². The van der Waals surface area contributed by atoms with E-state index < -0.39 is 0 Å². The highest BCUT2D eigenvalue weighted by molar-refractivity contribution is 5.78. The molecule has 1 spiro atoms. The third-order valence-corrected chi connectivity index (χ3v) is 5.96. The minimum atomic E-state index is 0.326. The van der Waals surface area contributed by atoms with Gasteiger partial charge in [0.25, 0.3) is 0 Å². The van der Waals surface area contributed by atoms with E-state index in [-0.39, 0.29) is 0 Å². The second-order valence-corrected chi connectivity index (χ2v) is 7.37. The molecule has 1 atom stereocenters. The molecule has 3 rings (SSSR count). The number of hydrogen-bond acceptors (Lipinski definition) is 1. The van der Waals surface area contributed by atoms with Gasteiger partial charge in [-0.1, -0.05) is 26.2 Å². The van der Waals surface area contributed by atoms with Gasteiger partial charge in [0, 0.05) is 12.5 Å². The molecule has 0 heterocycles. The lowest BCUT2D eigenvalue weighted by Crippen LogP contribution is -2.34. The molecule has 1 N–H and O–H groups in total. The topological polar surface area (TPSA) is 29.1 Å². The van der Waals surface area contributed by atoms with Gasteiger partial charge >= 0.3 is 0 Å². The van der Waals surface area contributed by atoms with Gasteiger partial charge in [-0.25, -0.2) is 0 Å². The van der Waals surface area contributed by atoms with Crippen LogP contribution in [0.3, 0.4) is 0 Å². The van der Waals surface area contributed by atoms with Crippen molar-refractivity contribution in [2.75, 3.05) is 6.54 Å². The summed E-state index contributed by atoms with van der Waals surface area (Å²) in [7, 11) is 0. The quantitative estimate of drug-likeness (QED) is 0.773. The molecule has 3 aliphatic rings. The van der Waals surface area contributed by atoms with Crippen LogP contribution in [0.4, 0.5) is 0 Å². The van der Waals surface area contributed by atoms with Crippen LogP contribution in [-0.2, 0) is 4.79 Å². The summed E-state index contributed by atoms with van der Waals surface area (Å²) in [6.07, 6.45) is 13.1. The van der Waals surface area contributed by atoms with E-state index in [1.165, 1.54) is 51.4 Å². The molecule has 19 heavy (non-hydrogen) atoms. The third kappa shape index (κ3) is 3.14. The molecule has 0 aliphatic heterocycles. The van der Waals surface area contributed by atoms with Crippen LogP contribution in [0, 0.1) is 23.2 Å². The van der Waals surface area contributed by atoms with E-state index in [0.717, 1.165) is 36.6 Å². The van der Waals surface area contributed by atoms with Crippen molar-refractivity contribution in [3.8, 4) is 0 Å². The lowest BCUT2D eigenvalue weighted by atomic mass is 9.79. The first-order chi connectivity index (χ1) is 9.23. The summed E-state index contributed by atoms with van der Waals surface area (Å²) in [6.45, 7) is 3.23. The monoisotopic (exact) mass is 263 g/mol. The van der Waals surface area contributed by atoms with Crippen LogP contribution in [0.25, 0.3) is 0 Å². The minimum Gasteiger partial charge on any atom is -0.356 e. The third-order valence-electron chi connectivity index (χ3n) is 5.96. The van der Waals surface area contributed by atoms with E-state index in [0.29, 0.717) is 11.8 Å². The fourth-order valence-electron chi connectivity index (χ4n) is 4.07. The number of carbonyl (C=O) groups excluding carboxylic acids is 1. The van der Waals surface area contributed by atoms with Crippen molar-refractivity contribution in [3.05, 3.63) is 0 Å². The predicted molar refractivity (Wildman–Crippen MR) is 77.8 cm³/mol. The maximum absolute atomic E-state index is 12.2. The molecular formula is C17H29NO. The second kappa shape index (κ2) is 5.46. The summed E-state index contributed by atoms with van der Waals surface area (Å²) in [4.78, 5) is 12.2. The molecular weight excluding hydrogens is 234 g/mol. The maximum atomic E-state index is 12.2. The van der Waals surface area contributed by atoms with E-state index >= 15 is 0 Å². The summed E-state index contributed by atoms with van der Waals surface area (Å²) < 4.78 is 0. The zero-order valence-corrected chi connectivity index (χ0v) is 12.4. The van der Waals surface area contributed by atoms with Crippen LogP contribution >= 0.6 is 0 Å². The average Bonchev–Trinajstić information content (AvgIpc) is 3.35. The van der Waals surface area contributed by atoms with Crippen LogP contribution in [0.5, 0.6) is 0 Å². The van der Waals surface area contributed by atoms with Gasteiger partial charge < -0.3 is 5.32 Å². The average molecular weight is 263 g/mol. The molecule has 3 fully saturated rings. The molecule has 0 bridgehead atoms. The maximum Gasteiger partial charge on any atom is 0.223 e. The Morgan fingerprint density at radius 3 is 2.53 bits per heavy atom. The predicted octanol–water partition coefficient (Wildman–Crippen LogP) is 3.90. The SMILES string of the molecule is CCCCC1CCC(C(=O)NCC2CC23CC3)CC1. The summed E-state index contributed by atoms with van der Waals surface area (Å²) in [5.74, 6) is 2.42. The van der Waals surface area contributed by atoms with Crippen LogP contribution in [0.15, 0.2) is 0 Å². The van der Waals surface area contributed by atoms with Crippen molar-refractivity contribution in [1.82, 2.24) is 5.32 Å². The highest BCUT2D eigenvalue weighted by Gasteiger charge is 2.62. The molecule has 0 aromatic rings. The van der Waals surface area contributed by atoms with Gasteiger partial charge in [-0.05, 0) is 62.2 Å². The van der Waals surface area contributed by atoms with Gasteiger partial charge in [0.2, 0.25) is 5.91 Å². The van der Waals surface area contributed by atoms with E-state index in [1.807, 2.05) is 0 Å². The van der Waals surface area contributed by atoms with E-state index in [9.17, 15) is 4.79 Å². The molecule has 2 nitrogen and oxygen atoms in total. The lowest BCUT2D eigenvalue weighted by Gasteiger charge is -2.27. The first-order valence-corrected chi connectivity index (χ1v) is 8.51. The Kier molecular flexibility index (Phi) is 3.86. The van der Waals surface area contributed by atoms with Gasteiger partial charge in [-0.15, -0.1) is 0 Å². The van der Waals surface area contributed by atoms with Crippen molar-refractivity contribution in [3.63, 3.8) is 0 Å². The van der Waals surface area contributed by atoms with E-state index in [2.05, 4.69) is 12.2 Å². The number of unbranched alkanes of at least 4 members (excludes halogenated alkanes) is 1. The minimum absolute atomic E-state index is 0.326. The Morgan fingerprint density at radius 1 is 1.21 bits per heavy atom. The largest absolute Gasteiger partial charge is 0.356 e. The summed E-state index contributed by atoms with van der Waals surface area (Å²) in [5, 5.41) is 3.23. The van der Waals surface area contributed by atoms with Crippen molar-refractivity contribution in [2.45, 2.75) is 71.1 Å². The molecule has 0 radical (unpaired) electrons. The molecule has 1 unspecified atom stereocenters. The summed E-state index contributed by atoms with van der Waals surface area (Å²) in [5.41, 5.74) is 0.727. The molecule has 0 aromatic carbocycles. The Balaban J connectivity index is 1.32. The molecule has 1 amide bonds. The highest BCUT2D eigenvalue weighted by atomic mass is 16.1. The fourth-order valence-corrected chi connectivity index (χ4v) is 4.07. The summed E-state index contributed by atoms with van der Waals surface area (Å²) in [6, 6.07) is 0. The normalized spacial score (nSPS) is 35.1. The highest BCUT2D eigenvalue weighted by Crippen LogP contribution is 2.70. The lowest BCUT2D eigenvalue weighted by molar-refractivity contribution is -0.126. The van der Waals surface area contributed by atoms with Crippen LogP contribution in [0.1, 0.15) is 71.1 Å². The zero-order valence-electron chi connectivity index (χ0n) is 12.4. The smallest absolute Gasteiger partial charge is 0.223 e. The van der Waals surface area contributed by atoms with Gasteiger partial charge in [-0.3, -0.25) is 4.79 Å². The Hall–Kier alpha value is -0.530. The number of rotatable bonds is 6. The molecule has 108 valence electrons. The zero-order chi connectivity index (χ0) is 13.3. The number of amides is 1. The van der Waals surface area contributed by atoms with Gasteiger partial charge in [0.05, 0.1) is 0 Å². The first kappa shape index (κ1) is 13.5. The van der Waals surface area contributed by atoms with Crippen molar-refractivity contribution >= 4 is 5.91 Å². The Morgan fingerprint density at radius 2 is 1.95 bits per heavy atom. The van der Waals surface area contributed by atoms with Crippen molar-refractivity contribution < 1.29 is 4.79 Å². The van der Waals surface area contributed by atoms with Crippen LogP contribution in [-0.4, -0.2) is 12.5 Å². The van der Waals surface area contributed by atoms with E-state index in [1.54, 1.807) is 0 Å². The van der Waals surface area contributed by atoms with Crippen molar-refractivity contribution in [1.29, 1.82) is 0 Å². The van der Waals surface area contributed by atoms with Gasteiger partial charge in [-0.2, -0.15) is 0 Å². The molecule has 3 saturated carbocycles. The van der Waals surface area contributed by atoms with Crippen LogP contribution in [0.2, 0.25) is 0 Å². The second-order valence-electron chi connectivity index (χ2n) is 7.37. The number of carbonyl (C=O) groups is 1. The number of nitrogens with one attached hydrogen (secondary N) is 1. The Bertz CT molecular complexity index is 326. The van der Waals surface area contributed by atoms with Crippen LogP contribution < -0.4 is 5.32 Å². The molecule has 0 saturated heterocycles. The van der Waals surface area contributed by atoms with Gasteiger partial charge in [0.15, 0.2) is 0 Å². The van der Waals surface area contributed by atoms with Crippen molar-refractivity contribution in [2.24, 2.45) is 23.2 Å².